The topological polar surface area (TPSA) is 49.3 Å². The van der Waals surface area contributed by atoms with Gasteiger partial charge in [0, 0.05) is 18.7 Å². The summed E-state index contributed by atoms with van der Waals surface area (Å²) in [6.45, 7) is 4.53. The molecule has 1 rings (SSSR count). The molecule has 0 saturated carbocycles. The zero-order valence-electron chi connectivity index (χ0n) is 11.2. The van der Waals surface area contributed by atoms with E-state index in [9.17, 15) is 9.18 Å². The minimum Gasteiger partial charge on any atom is -0.396 e. The summed E-state index contributed by atoms with van der Waals surface area (Å²) in [6.07, 6.45) is 1.56. The molecule has 0 fully saturated rings. The van der Waals surface area contributed by atoms with Crippen LogP contribution in [0.3, 0.4) is 0 Å². The molecule has 0 saturated heterocycles. The predicted molar refractivity (Wildman–Crippen MR) is 73.8 cm³/mol. The zero-order chi connectivity index (χ0) is 14.5. The summed E-state index contributed by atoms with van der Waals surface area (Å²) < 4.78 is 13.2. The first-order chi connectivity index (χ1) is 8.85. The first kappa shape index (κ1) is 15.9. The average molecular weight is 288 g/mol. The van der Waals surface area contributed by atoms with E-state index in [1.165, 1.54) is 12.1 Å². The number of benzene rings is 1. The van der Waals surface area contributed by atoms with Crippen molar-refractivity contribution in [2.75, 3.05) is 13.2 Å². The second kappa shape index (κ2) is 6.87. The highest BCUT2D eigenvalue weighted by atomic mass is 35.5. The molecule has 19 heavy (non-hydrogen) atoms. The summed E-state index contributed by atoms with van der Waals surface area (Å²) in [5.41, 5.74) is 0.111. The second-order valence-corrected chi connectivity index (χ2v) is 5.72. The van der Waals surface area contributed by atoms with E-state index in [1.807, 2.05) is 13.8 Å². The highest BCUT2D eigenvalue weighted by Crippen LogP contribution is 2.20. The molecule has 0 radical (unpaired) electrons. The molecule has 0 aliphatic carbocycles. The van der Waals surface area contributed by atoms with E-state index in [4.69, 9.17) is 16.7 Å². The maximum absolute atomic E-state index is 13.2. The molecule has 5 heteroatoms. The lowest BCUT2D eigenvalue weighted by Crippen LogP contribution is -2.26. The first-order valence-electron chi connectivity index (χ1n) is 6.20. The molecule has 1 amide bonds. The van der Waals surface area contributed by atoms with Crippen LogP contribution in [0.4, 0.5) is 4.39 Å². The highest BCUT2D eigenvalue weighted by molar-refractivity contribution is 6.30. The molecule has 0 aliphatic heterocycles. The molecule has 0 heterocycles. The van der Waals surface area contributed by atoms with Crippen molar-refractivity contribution in [3.8, 4) is 0 Å². The molecule has 2 N–H and O–H groups in total. The Morgan fingerprint density at radius 3 is 2.74 bits per heavy atom. The zero-order valence-corrected chi connectivity index (χ0v) is 11.9. The van der Waals surface area contributed by atoms with Crippen LogP contribution >= 0.6 is 11.6 Å². The van der Waals surface area contributed by atoms with Crippen molar-refractivity contribution in [3.05, 3.63) is 34.6 Å². The number of hydrogen-bond acceptors (Lipinski definition) is 2. The Labute approximate surface area is 117 Å². The van der Waals surface area contributed by atoms with Crippen molar-refractivity contribution in [1.29, 1.82) is 0 Å². The van der Waals surface area contributed by atoms with Crippen LogP contribution in [0.2, 0.25) is 5.02 Å². The van der Waals surface area contributed by atoms with E-state index >= 15 is 0 Å². The minimum atomic E-state index is -0.601. The fourth-order valence-corrected chi connectivity index (χ4v) is 1.70. The van der Waals surface area contributed by atoms with Crippen LogP contribution in [0, 0.1) is 11.2 Å². The monoisotopic (exact) mass is 287 g/mol. The number of halogens is 2. The van der Waals surface area contributed by atoms with E-state index in [0.29, 0.717) is 6.54 Å². The third-order valence-electron chi connectivity index (χ3n) is 2.93. The number of nitrogens with one attached hydrogen (secondary N) is 1. The Bertz CT molecular complexity index is 449. The number of amides is 1. The molecule has 0 aromatic heterocycles. The summed E-state index contributed by atoms with van der Waals surface area (Å²) in [4.78, 5) is 11.7. The van der Waals surface area contributed by atoms with Gasteiger partial charge in [0.1, 0.15) is 5.82 Å². The fraction of sp³-hybridized carbons (Fsp3) is 0.500. The van der Waals surface area contributed by atoms with Crippen molar-refractivity contribution in [2.45, 2.75) is 26.7 Å². The highest BCUT2D eigenvalue weighted by Gasteiger charge is 2.15. The van der Waals surface area contributed by atoms with Crippen molar-refractivity contribution in [2.24, 2.45) is 5.41 Å². The first-order valence-corrected chi connectivity index (χ1v) is 6.57. The quantitative estimate of drug-likeness (QED) is 0.790. The molecule has 1 aromatic carbocycles. The molecule has 0 atom stereocenters. The van der Waals surface area contributed by atoms with Gasteiger partial charge in [-0.15, -0.1) is 0 Å². The van der Waals surface area contributed by atoms with E-state index in [0.717, 1.165) is 18.9 Å². The molecule has 3 nitrogen and oxygen atoms in total. The van der Waals surface area contributed by atoms with Gasteiger partial charge in [0.05, 0.1) is 5.02 Å². The number of carbonyl (C=O) groups is 1. The van der Waals surface area contributed by atoms with E-state index in [-0.39, 0.29) is 28.5 Å². The minimum absolute atomic E-state index is 0.00115. The maximum atomic E-state index is 13.2. The lowest BCUT2D eigenvalue weighted by atomic mass is 9.89. The number of hydrogen-bond donors (Lipinski definition) is 2. The molecule has 0 aliphatic rings. The largest absolute Gasteiger partial charge is 0.396 e. The standard InChI is InChI=1S/C14H19ClFNO2/c1-14(2,9-18)6-3-7-17-13(19)10-4-5-11(15)12(16)8-10/h4-5,8,18H,3,6-7,9H2,1-2H3,(H,17,19). The average Bonchev–Trinajstić information content (AvgIpc) is 2.37. The van der Waals surface area contributed by atoms with Crippen LogP contribution in [0.5, 0.6) is 0 Å². The van der Waals surface area contributed by atoms with Crippen LogP contribution in [-0.2, 0) is 0 Å². The molecule has 0 unspecified atom stereocenters. The summed E-state index contributed by atoms with van der Waals surface area (Å²) >= 11 is 5.55. The smallest absolute Gasteiger partial charge is 0.251 e. The molecule has 0 spiro atoms. The van der Waals surface area contributed by atoms with Crippen LogP contribution in [0.15, 0.2) is 18.2 Å². The van der Waals surface area contributed by atoms with Crippen LogP contribution in [0.1, 0.15) is 37.0 Å². The van der Waals surface area contributed by atoms with Gasteiger partial charge in [0.15, 0.2) is 0 Å². The van der Waals surface area contributed by atoms with Gasteiger partial charge in [-0.05, 0) is 36.5 Å². The number of rotatable bonds is 6. The van der Waals surface area contributed by atoms with Crippen molar-refractivity contribution < 1.29 is 14.3 Å². The van der Waals surface area contributed by atoms with Gasteiger partial charge >= 0.3 is 0 Å². The number of carbonyl (C=O) groups excluding carboxylic acids is 1. The Hall–Kier alpha value is -1.13. The lowest BCUT2D eigenvalue weighted by Gasteiger charge is -2.21. The van der Waals surface area contributed by atoms with Crippen LogP contribution in [0.25, 0.3) is 0 Å². The Balaban J connectivity index is 2.41. The van der Waals surface area contributed by atoms with Gasteiger partial charge in [-0.1, -0.05) is 25.4 Å². The van der Waals surface area contributed by atoms with Gasteiger partial charge in [-0.25, -0.2) is 4.39 Å². The lowest BCUT2D eigenvalue weighted by molar-refractivity contribution is 0.0948. The van der Waals surface area contributed by atoms with Gasteiger partial charge in [0.2, 0.25) is 0 Å². The van der Waals surface area contributed by atoms with Gasteiger partial charge in [-0.3, -0.25) is 4.79 Å². The van der Waals surface area contributed by atoms with Crippen molar-refractivity contribution in [3.63, 3.8) is 0 Å². The Morgan fingerprint density at radius 1 is 1.47 bits per heavy atom. The summed E-state index contributed by atoms with van der Waals surface area (Å²) in [7, 11) is 0. The molecular weight excluding hydrogens is 269 g/mol. The molecular formula is C14H19ClFNO2. The van der Waals surface area contributed by atoms with Gasteiger partial charge in [-0.2, -0.15) is 0 Å². The maximum Gasteiger partial charge on any atom is 0.251 e. The molecule has 106 valence electrons. The van der Waals surface area contributed by atoms with E-state index in [2.05, 4.69) is 5.32 Å². The van der Waals surface area contributed by atoms with Gasteiger partial charge < -0.3 is 10.4 Å². The normalized spacial score (nSPS) is 11.4. The third-order valence-corrected chi connectivity index (χ3v) is 3.23. The van der Waals surface area contributed by atoms with E-state index in [1.54, 1.807) is 0 Å². The third kappa shape index (κ3) is 5.17. The number of aliphatic hydroxyl groups is 1. The summed E-state index contributed by atoms with van der Waals surface area (Å²) in [5.74, 6) is -0.923. The predicted octanol–water partition coefficient (Wildman–Crippen LogP) is 3.01. The van der Waals surface area contributed by atoms with Crippen LogP contribution < -0.4 is 5.32 Å². The SMILES string of the molecule is CC(C)(CO)CCCNC(=O)c1ccc(Cl)c(F)c1. The summed E-state index contributed by atoms with van der Waals surface area (Å²) in [6, 6.07) is 3.97. The molecule has 1 aromatic rings. The van der Waals surface area contributed by atoms with Gasteiger partial charge in [0.25, 0.3) is 5.91 Å². The number of aliphatic hydroxyl groups excluding tert-OH is 1. The van der Waals surface area contributed by atoms with E-state index < -0.39 is 5.82 Å². The second-order valence-electron chi connectivity index (χ2n) is 5.31. The Morgan fingerprint density at radius 2 is 2.16 bits per heavy atom. The Kier molecular flexibility index (Phi) is 5.76. The van der Waals surface area contributed by atoms with Crippen molar-refractivity contribution in [1.82, 2.24) is 5.32 Å². The van der Waals surface area contributed by atoms with Crippen LogP contribution in [-0.4, -0.2) is 24.2 Å². The van der Waals surface area contributed by atoms with Crippen molar-refractivity contribution >= 4 is 17.5 Å². The molecule has 0 bridgehead atoms. The summed E-state index contributed by atoms with van der Waals surface area (Å²) in [5, 5.41) is 11.8. The fourth-order valence-electron chi connectivity index (χ4n) is 1.59.